The average Bonchev–Trinajstić information content (AvgIpc) is 2.17. The molecule has 2 aliphatic heterocycles. The average molecular weight is 185 g/mol. The Balaban J connectivity index is 2.12. The normalized spacial score (nSPS) is 23.6. The lowest BCUT2D eigenvalue weighted by Gasteiger charge is -2.40. The third-order valence-corrected chi connectivity index (χ3v) is 2.92. The first-order valence-electron chi connectivity index (χ1n) is 4.66. The maximum Gasteiger partial charge on any atom is 0.196 e. The Hall–Kier alpha value is -0.300. The predicted molar refractivity (Wildman–Crippen MR) is 54.4 cm³/mol. The van der Waals surface area contributed by atoms with E-state index in [4.69, 9.17) is 0 Å². The highest BCUT2D eigenvalue weighted by Crippen LogP contribution is 2.14. The van der Waals surface area contributed by atoms with Crippen LogP contribution < -0.4 is 0 Å². The second-order valence-electron chi connectivity index (χ2n) is 3.32. The van der Waals surface area contributed by atoms with Crippen LogP contribution in [-0.2, 0) is 0 Å². The van der Waals surface area contributed by atoms with Gasteiger partial charge in [-0.2, -0.15) is 0 Å². The lowest BCUT2D eigenvalue weighted by molar-refractivity contribution is 0.263. The van der Waals surface area contributed by atoms with Crippen LogP contribution in [0.4, 0.5) is 0 Å². The topological polar surface area (TPSA) is 18.8 Å². The molecule has 1 unspecified atom stereocenters. The van der Waals surface area contributed by atoms with Gasteiger partial charge in [-0.3, -0.25) is 4.99 Å². The molecule has 2 aliphatic rings. The highest BCUT2D eigenvalue weighted by Gasteiger charge is 2.23. The molecule has 0 aromatic rings. The molecule has 0 bridgehead atoms. The standard InChI is InChI=1S/C8H16N3P/c12-7-11-6-2-5-10-4-1-3-9-8(10)11/h1-7,12H2. The summed E-state index contributed by atoms with van der Waals surface area (Å²) in [6, 6.07) is 0. The third-order valence-electron chi connectivity index (χ3n) is 2.48. The molecule has 2 rings (SSSR count). The van der Waals surface area contributed by atoms with E-state index in [0.717, 1.165) is 12.8 Å². The molecule has 12 heavy (non-hydrogen) atoms. The lowest BCUT2D eigenvalue weighted by Crippen LogP contribution is -2.51. The van der Waals surface area contributed by atoms with Crippen LogP contribution in [0, 0.1) is 0 Å². The van der Waals surface area contributed by atoms with Gasteiger partial charge in [0, 0.05) is 32.5 Å². The van der Waals surface area contributed by atoms with Crippen molar-refractivity contribution in [2.45, 2.75) is 12.8 Å². The Kier molecular flexibility index (Phi) is 2.50. The molecule has 4 heteroatoms. The molecule has 0 N–H and O–H groups in total. The monoisotopic (exact) mass is 185 g/mol. The number of hydrogen-bond donors (Lipinski definition) is 0. The summed E-state index contributed by atoms with van der Waals surface area (Å²) in [5, 5.41) is 0. The molecular formula is C8H16N3P. The molecule has 0 amide bonds. The number of nitrogens with zero attached hydrogens (tertiary/aromatic N) is 3. The first-order valence-corrected chi connectivity index (χ1v) is 5.48. The Morgan fingerprint density at radius 3 is 2.92 bits per heavy atom. The summed E-state index contributed by atoms with van der Waals surface area (Å²) in [7, 11) is 2.78. The van der Waals surface area contributed by atoms with E-state index in [-0.39, 0.29) is 0 Å². The number of fused-ring (bicyclic) bond motifs is 1. The highest BCUT2D eigenvalue weighted by atomic mass is 31.0. The van der Waals surface area contributed by atoms with E-state index in [9.17, 15) is 0 Å². The van der Waals surface area contributed by atoms with Crippen LogP contribution in [0.3, 0.4) is 0 Å². The summed E-state index contributed by atoms with van der Waals surface area (Å²) >= 11 is 0. The van der Waals surface area contributed by atoms with Crippen molar-refractivity contribution in [3.05, 3.63) is 0 Å². The Morgan fingerprint density at radius 2 is 2.08 bits per heavy atom. The van der Waals surface area contributed by atoms with Crippen molar-refractivity contribution >= 4 is 15.2 Å². The van der Waals surface area contributed by atoms with Crippen LogP contribution >= 0.6 is 9.24 Å². The van der Waals surface area contributed by atoms with Crippen molar-refractivity contribution < 1.29 is 0 Å². The summed E-state index contributed by atoms with van der Waals surface area (Å²) in [5.74, 6) is 1.24. The quantitative estimate of drug-likeness (QED) is 0.557. The minimum atomic E-state index is 1.02. The van der Waals surface area contributed by atoms with Gasteiger partial charge in [0.2, 0.25) is 0 Å². The fraction of sp³-hybridized carbons (Fsp3) is 0.875. The zero-order valence-corrected chi connectivity index (χ0v) is 8.52. The van der Waals surface area contributed by atoms with Crippen molar-refractivity contribution in [1.82, 2.24) is 9.80 Å². The van der Waals surface area contributed by atoms with Crippen LogP contribution in [0.15, 0.2) is 4.99 Å². The smallest absolute Gasteiger partial charge is 0.196 e. The molecule has 0 saturated carbocycles. The van der Waals surface area contributed by atoms with Crippen molar-refractivity contribution in [1.29, 1.82) is 0 Å². The van der Waals surface area contributed by atoms with E-state index in [1.807, 2.05) is 0 Å². The maximum atomic E-state index is 4.56. The van der Waals surface area contributed by atoms with Crippen molar-refractivity contribution in [3.8, 4) is 0 Å². The molecule has 0 aromatic carbocycles. The minimum absolute atomic E-state index is 1.02. The molecule has 0 aliphatic carbocycles. The molecule has 1 fully saturated rings. The fourth-order valence-corrected chi connectivity index (χ4v) is 2.22. The number of hydrogen-bond acceptors (Lipinski definition) is 3. The van der Waals surface area contributed by atoms with E-state index in [0.29, 0.717) is 0 Å². The largest absolute Gasteiger partial charge is 0.343 e. The van der Waals surface area contributed by atoms with Gasteiger partial charge in [0.25, 0.3) is 0 Å². The van der Waals surface area contributed by atoms with Crippen LogP contribution in [0.1, 0.15) is 12.8 Å². The number of rotatable bonds is 1. The molecule has 0 radical (unpaired) electrons. The third kappa shape index (κ3) is 1.42. The van der Waals surface area contributed by atoms with Gasteiger partial charge in [-0.15, -0.1) is 9.24 Å². The van der Waals surface area contributed by atoms with E-state index >= 15 is 0 Å². The van der Waals surface area contributed by atoms with Crippen molar-refractivity contribution in [2.24, 2.45) is 4.99 Å². The summed E-state index contributed by atoms with van der Waals surface area (Å²) in [4.78, 5) is 9.33. The van der Waals surface area contributed by atoms with Gasteiger partial charge >= 0.3 is 0 Å². The van der Waals surface area contributed by atoms with Gasteiger partial charge in [-0.1, -0.05) is 0 Å². The number of aliphatic imine (C=N–C) groups is 1. The Labute approximate surface area is 76.0 Å². The van der Waals surface area contributed by atoms with E-state index in [1.165, 1.54) is 38.4 Å². The Bertz CT molecular complexity index is 193. The Morgan fingerprint density at radius 1 is 1.25 bits per heavy atom. The highest BCUT2D eigenvalue weighted by molar-refractivity contribution is 7.16. The van der Waals surface area contributed by atoms with Crippen LogP contribution in [0.2, 0.25) is 0 Å². The molecule has 2 heterocycles. The van der Waals surface area contributed by atoms with Crippen molar-refractivity contribution in [2.75, 3.05) is 32.5 Å². The van der Waals surface area contributed by atoms with Gasteiger partial charge in [0.05, 0.1) is 0 Å². The van der Waals surface area contributed by atoms with Gasteiger partial charge in [-0.25, -0.2) is 0 Å². The second-order valence-corrected chi connectivity index (χ2v) is 3.69. The van der Waals surface area contributed by atoms with Gasteiger partial charge in [0.15, 0.2) is 5.96 Å². The first-order chi connectivity index (χ1) is 5.92. The number of guanidine groups is 1. The zero-order chi connectivity index (χ0) is 8.39. The van der Waals surface area contributed by atoms with E-state index in [1.54, 1.807) is 0 Å². The van der Waals surface area contributed by atoms with Gasteiger partial charge < -0.3 is 9.80 Å². The SMILES string of the molecule is PCN1CCCN2CCCN=C12. The molecule has 3 nitrogen and oxygen atoms in total. The molecule has 1 saturated heterocycles. The summed E-state index contributed by atoms with van der Waals surface area (Å²) in [5.41, 5.74) is 0. The van der Waals surface area contributed by atoms with Gasteiger partial charge in [-0.05, 0) is 12.8 Å². The van der Waals surface area contributed by atoms with Crippen LogP contribution in [0.25, 0.3) is 0 Å². The summed E-state index contributed by atoms with van der Waals surface area (Å²) in [6.45, 7) is 4.62. The van der Waals surface area contributed by atoms with Crippen molar-refractivity contribution in [3.63, 3.8) is 0 Å². The minimum Gasteiger partial charge on any atom is -0.343 e. The molecule has 0 spiro atoms. The predicted octanol–water partition coefficient (Wildman–Crippen LogP) is 0.586. The van der Waals surface area contributed by atoms with E-state index < -0.39 is 0 Å². The molecule has 68 valence electrons. The lowest BCUT2D eigenvalue weighted by atomic mass is 10.2. The second kappa shape index (κ2) is 3.61. The molecule has 0 aromatic heterocycles. The van der Waals surface area contributed by atoms with Gasteiger partial charge in [0.1, 0.15) is 0 Å². The maximum absolute atomic E-state index is 4.56. The molecule has 1 atom stereocenters. The summed E-state index contributed by atoms with van der Waals surface area (Å²) < 4.78 is 0. The first kappa shape index (κ1) is 8.31. The molecular weight excluding hydrogens is 169 g/mol. The van der Waals surface area contributed by atoms with Crippen LogP contribution in [0.5, 0.6) is 0 Å². The zero-order valence-electron chi connectivity index (χ0n) is 7.37. The fourth-order valence-electron chi connectivity index (χ4n) is 1.88. The van der Waals surface area contributed by atoms with Crippen LogP contribution in [-0.4, -0.2) is 48.2 Å². The van der Waals surface area contributed by atoms with E-state index in [2.05, 4.69) is 24.0 Å². The summed E-state index contributed by atoms with van der Waals surface area (Å²) in [6.07, 6.45) is 3.54.